The second kappa shape index (κ2) is 5.44. The van der Waals surface area contributed by atoms with E-state index in [0.717, 1.165) is 11.0 Å². The Morgan fingerprint density at radius 3 is 2.26 bits per heavy atom. The van der Waals surface area contributed by atoms with Crippen molar-refractivity contribution in [2.75, 3.05) is 6.26 Å². The van der Waals surface area contributed by atoms with Gasteiger partial charge in [-0.25, -0.2) is 13.2 Å². The van der Waals surface area contributed by atoms with Crippen LogP contribution in [-0.2, 0) is 9.84 Å². The molecule has 3 rings (SSSR count). The molecule has 0 aliphatic rings. The number of carboxylic acids is 1. The van der Waals surface area contributed by atoms with Gasteiger partial charge >= 0.3 is 5.97 Å². The first-order chi connectivity index (χ1) is 10.9. The van der Waals surface area contributed by atoms with Crippen LogP contribution in [0, 0.1) is 0 Å². The molecule has 118 valence electrons. The summed E-state index contributed by atoms with van der Waals surface area (Å²) >= 11 is 0. The molecule has 0 atom stereocenters. The number of carbonyl (C=O) groups is 1. The van der Waals surface area contributed by atoms with Crippen molar-refractivity contribution in [3.63, 3.8) is 0 Å². The SMILES string of the molecule is CS(=O)(=O)c1c(C(=O)O)n(Oc2ccccc2)c2ccccc12. The van der Waals surface area contributed by atoms with Crippen LogP contribution in [0.1, 0.15) is 10.5 Å². The number of carboxylic acid groups (broad SMARTS) is 1. The molecule has 6 nitrogen and oxygen atoms in total. The van der Waals surface area contributed by atoms with E-state index in [1.807, 2.05) is 0 Å². The number of sulfone groups is 1. The number of benzene rings is 2. The molecule has 0 spiro atoms. The molecule has 0 bridgehead atoms. The summed E-state index contributed by atoms with van der Waals surface area (Å²) in [5.74, 6) is -0.978. The third kappa shape index (κ3) is 2.66. The lowest BCUT2D eigenvalue weighted by atomic mass is 10.2. The fourth-order valence-corrected chi connectivity index (χ4v) is 3.52. The van der Waals surface area contributed by atoms with Crippen LogP contribution in [0.5, 0.6) is 5.75 Å². The van der Waals surface area contributed by atoms with Gasteiger partial charge in [-0.1, -0.05) is 36.4 Å². The maximum Gasteiger partial charge on any atom is 0.357 e. The van der Waals surface area contributed by atoms with Gasteiger partial charge in [0, 0.05) is 11.6 Å². The predicted octanol–water partition coefficient (Wildman–Crippen LogP) is 2.59. The van der Waals surface area contributed by atoms with E-state index in [1.165, 1.54) is 0 Å². The van der Waals surface area contributed by atoms with Crippen LogP contribution >= 0.6 is 0 Å². The number of hydrogen-bond acceptors (Lipinski definition) is 4. The molecule has 23 heavy (non-hydrogen) atoms. The third-order valence-corrected chi connectivity index (χ3v) is 4.45. The van der Waals surface area contributed by atoms with Crippen LogP contribution in [0.2, 0.25) is 0 Å². The number of hydrogen-bond donors (Lipinski definition) is 1. The van der Waals surface area contributed by atoms with Gasteiger partial charge in [-0.15, -0.1) is 0 Å². The van der Waals surface area contributed by atoms with Crippen molar-refractivity contribution in [3.05, 3.63) is 60.3 Å². The maximum absolute atomic E-state index is 12.1. The summed E-state index contributed by atoms with van der Waals surface area (Å²) in [6, 6.07) is 15.1. The van der Waals surface area contributed by atoms with Crippen LogP contribution in [0.4, 0.5) is 0 Å². The van der Waals surface area contributed by atoms with Crippen LogP contribution < -0.4 is 4.84 Å². The van der Waals surface area contributed by atoms with Crippen LogP contribution in [0.25, 0.3) is 10.9 Å². The maximum atomic E-state index is 12.1. The number of fused-ring (bicyclic) bond motifs is 1. The first-order valence-corrected chi connectivity index (χ1v) is 8.59. The Bertz CT molecular complexity index is 990. The summed E-state index contributed by atoms with van der Waals surface area (Å²) in [5, 5.41) is 9.83. The zero-order valence-electron chi connectivity index (χ0n) is 12.1. The van der Waals surface area contributed by atoms with Crippen molar-refractivity contribution in [2.45, 2.75) is 4.90 Å². The van der Waals surface area contributed by atoms with E-state index in [0.29, 0.717) is 16.7 Å². The molecule has 1 N–H and O–H groups in total. The van der Waals surface area contributed by atoms with Crippen molar-refractivity contribution in [1.82, 2.24) is 4.73 Å². The van der Waals surface area contributed by atoms with Gasteiger partial charge in [0.1, 0.15) is 4.90 Å². The molecule has 1 aromatic heterocycles. The standard InChI is InChI=1S/C16H13NO5S/c1-23(20,21)15-12-9-5-6-10-13(12)17(14(15)16(18)19)22-11-7-3-2-4-8-11/h2-10H,1H3,(H,18,19). The molecule has 0 fully saturated rings. The second-order valence-electron chi connectivity index (χ2n) is 4.97. The summed E-state index contributed by atoms with van der Waals surface area (Å²) in [4.78, 5) is 17.1. The van der Waals surface area contributed by atoms with Crippen molar-refractivity contribution in [2.24, 2.45) is 0 Å². The fraction of sp³-hybridized carbons (Fsp3) is 0.0625. The van der Waals surface area contributed by atoms with Crippen LogP contribution in [-0.4, -0.2) is 30.5 Å². The molecular formula is C16H13NO5S. The average Bonchev–Trinajstić information content (AvgIpc) is 2.83. The van der Waals surface area contributed by atoms with E-state index in [2.05, 4.69) is 0 Å². The Balaban J connectivity index is 2.36. The van der Waals surface area contributed by atoms with E-state index in [9.17, 15) is 18.3 Å². The largest absolute Gasteiger partial charge is 0.476 e. The highest BCUT2D eigenvalue weighted by Crippen LogP contribution is 2.31. The molecule has 0 radical (unpaired) electrons. The summed E-state index contributed by atoms with van der Waals surface area (Å²) in [5.41, 5.74) is -0.0493. The van der Waals surface area contributed by atoms with Gasteiger partial charge < -0.3 is 9.94 Å². The van der Waals surface area contributed by atoms with Gasteiger partial charge in [-0.2, -0.15) is 4.73 Å². The highest BCUT2D eigenvalue weighted by atomic mass is 32.2. The average molecular weight is 331 g/mol. The molecule has 3 aromatic rings. The monoisotopic (exact) mass is 331 g/mol. The van der Waals surface area contributed by atoms with E-state index in [4.69, 9.17) is 4.84 Å². The topological polar surface area (TPSA) is 85.6 Å². The van der Waals surface area contributed by atoms with E-state index < -0.39 is 21.5 Å². The van der Waals surface area contributed by atoms with E-state index in [1.54, 1.807) is 54.6 Å². The minimum absolute atomic E-state index is 0.253. The van der Waals surface area contributed by atoms with Gasteiger partial charge in [-0.05, 0) is 18.2 Å². The lowest BCUT2D eigenvalue weighted by Crippen LogP contribution is -2.16. The zero-order chi connectivity index (χ0) is 16.6. The smallest absolute Gasteiger partial charge is 0.357 e. The molecule has 1 heterocycles. The highest BCUT2D eigenvalue weighted by Gasteiger charge is 2.29. The minimum atomic E-state index is -3.76. The van der Waals surface area contributed by atoms with Gasteiger partial charge in [0.05, 0.1) is 5.52 Å². The highest BCUT2D eigenvalue weighted by molar-refractivity contribution is 7.91. The van der Waals surface area contributed by atoms with Crippen LogP contribution in [0.15, 0.2) is 59.5 Å². The summed E-state index contributed by atoms with van der Waals surface area (Å²) in [6.07, 6.45) is 0.980. The molecule has 0 aliphatic carbocycles. The number of aromatic nitrogens is 1. The van der Waals surface area contributed by atoms with Crippen molar-refractivity contribution in [1.29, 1.82) is 0 Å². The Kier molecular flexibility index (Phi) is 3.57. The van der Waals surface area contributed by atoms with Crippen LogP contribution in [0.3, 0.4) is 0 Å². The summed E-state index contributed by atoms with van der Waals surface area (Å²) in [7, 11) is -3.76. The van der Waals surface area contributed by atoms with Gasteiger partial charge in [0.25, 0.3) is 0 Å². The number of nitrogens with zero attached hydrogens (tertiary/aromatic N) is 1. The van der Waals surface area contributed by atoms with Crippen molar-refractivity contribution < 1.29 is 23.2 Å². The number of rotatable bonds is 4. The number of para-hydroxylation sites is 2. The predicted molar refractivity (Wildman–Crippen MR) is 84.5 cm³/mol. The van der Waals surface area contributed by atoms with Gasteiger partial charge in [0.2, 0.25) is 0 Å². The molecule has 7 heteroatoms. The van der Waals surface area contributed by atoms with E-state index >= 15 is 0 Å². The lowest BCUT2D eigenvalue weighted by molar-refractivity contribution is 0.0653. The quantitative estimate of drug-likeness (QED) is 0.794. The molecule has 0 unspecified atom stereocenters. The third-order valence-electron chi connectivity index (χ3n) is 3.30. The van der Waals surface area contributed by atoms with Crippen molar-refractivity contribution in [3.8, 4) is 5.75 Å². The first-order valence-electron chi connectivity index (χ1n) is 6.70. The second-order valence-corrected chi connectivity index (χ2v) is 6.92. The molecule has 2 aromatic carbocycles. The zero-order valence-corrected chi connectivity index (χ0v) is 12.9. The molecule has 0 saturated heterocycles. The van der Waals surface area contributed by atoms with Gasteiger partial charge in [0.15, 0.2) is 21.3 Å². The Morgan fingerprint density at radius 1 is 1.04 bits per heavy atom. The van der Waals surface area contributed by atoms with Crippen molar-refractivity contribution >= 4 is 26.7 Å². The van der Waals surface area contributed by atoms with E-state index in [-0.39, 0.29) is 4.90 Å². The first kappa shape index (κ1) is 15.1. The molecule has 0 amide bonds. The lowest BCUT2D eigenvalue weighted by Gasteiger charge is -2.10. The summed E-state index contributed by atoms with van der Waals surface area (Å²) < 4.78 is 25.3. The van der Waals surface area contributed by atoms with Gasteiger partial charge in [-0.3, -0.25) is 0 Å². The molecule has 0 saturated carbocycles. The molecular weight excluding hydrogens is 318 g/mol. The Morgan fingerprint density at radius 2 is 1.65 bits per heavy atom. The Hall–Kier alpha value is -2.80. The Labute approximate surface area is 132 Å². The normalized spacial score (nSPS) is 11.5. The summed E-state index contributed by atoms with van der Waals surface area (Å²) in [6.45, 7) is 0. The molecule has 0 aliphatic heterocycles. The fourth-order valence-electron chi connectivity index (χ4n) is 2.42. The number of aromatic carboxylic acids is 1. The minimum Gasteiger partial charge on any atom is -0.476 e.